The van der Waals surface area contributed by atoms with Gasteiger partial charge >= 0.3 is 0 Å². The summed E-state index contributed by atoms with van der Waals surface area (Å²) in [6, 6.07) is -0.0879. The molecule has 0 radical (unpaired) electrons. The molecule has 1 aromatic rings. The first-order valence-corrected chi connectivity index (χ1v) is 7.56. The maximum absolute atomic E-state index is 13.8. The van der Waals surface area contributed by atoms with Crippen LogP contribution in [0.3, 0.4) is 0 Å². The van der Waals surface area contributed by atoms with Crippen LogP contribution in [0.15, 0.2) is 0 Å². The van der Waals surface area contributed by atoms with Crippen molar-refractivity contribution in [3.63, 3.8) is 0 Å². The lowest BCUT2D eigenvalue weighted by atomic mass is 9.86. The maximum atomic E-state index is 13.8. The molecule has 0 aromatic heterocycles. The number of nitrogens with one attached hydrogen (secondary N) is 1. The van der Waals surface area contributed by atoms with Gasteiger partial charge in [-0.25, -0.2) is 4.39 Å². The third-order valence-corrected chi connectivity index (χ3v) is 5.13. The third-order valence-electron chi connectivity index (χ3n) is 5.13. The van der Waals surface area contributed by atoms with Crippen LogP contribution in [0.2, 0.25) is 0 Å². The van der Waals surface area contributed by atoms with Gasteiger partial charge in [0.1, 0.15) is 6.67 Å². The second-order valence-electron chi connectivity index (χ2n) is 5.99. The summed E-state index contributed by atoms with van der Waals surface area (Å²) in [5.41, 5.74) is 7.74. The second-order valence-corrected chi connectivity index (χ2v) is 5.99. The van der Waals surface area contributed by atoms with Gasteiger partial charge in [0, 0.05) is 26.2 Å². The summed E-state index contributed by atoms with van der Waals surface area (Å²) < 4.78 is 13.8. The minimum atomic E-state index is -0.302. The molecular weight excluding hydrogens is 287 g/mol. The molecule has 1 saturated heterocycles. The van der Waals surface area contributed by atoms with Crippen LogP contribution in [0.4, 0.5) is 4.39 Å². The Bertz CT molecular complexity index is 467. The molecule has 0 aliphatic carbocycles. The minimum Gasteiger partial charge on any atom is -0.314 e. The molecule has 21 heavy (non-hydrogen) atoms. The first kappa shape index (κ1) is 18.4. The molecule has 1 fully saturated rings. The van der Waals surface area contributed by atoms with E-state index in [9.17, 15) is 4.39 Å². The number of halogens is 2. The summed E-state index contributed by atoms with van der Waals surface area (Å²) in [4.78, 5) is 2.29. The zero-order valence-corrected chi connectivity index (χ0v) is 14.7. The number of hydrogen-bond acceptors (Lipinski definition) is 2. The average Bonchev–Trinajstić information content (AvgIpc) is 2.48. The van der Waals surface area contributed by atoms with Crippen molar-refractivity contribution in [2.24, 2.45) is 0 Å². The summed E-state index contributed by atoms with van der Waals surface area (Å²) in [7, 11) is 0. The topological polar surface area (TPSA) is 15.3 Å². The monoisotopic (exact) mass is 314 g/mol. The highest BCUT2D eigenvalue weighted by atomic mass is 35.5. The molecule has 2 rings (SSSR count). The van der Waals surface area contributed by atoms with E-state index in [4.69, 9.17) is 0 Å². The van der Waals surface area contributed by atoms with Gasteiger partial charge in [0.25, 0.3) is 0 Å². The lowest BCUT2D eigenvalue weighted by Gasteiger charge is -2.36. The summed E-state index contributed by atoms with van der Waals surface area (Å²) in [6.07, 6.45) is 0. The van der Waals surface area contributed by atoms with Gasteiger partial charge < -0.3 is 5.32 Å². The molecule has 0 unspecified atom stereocenters. The molecular formula is C17H28ClFN2. The Morgan fingerprint density at radius 1 is 0.905 bits per heavy atom. The number of rotatable bonds is 3. The zero-order chi connectivity index (χ0) is 14.9. The van der Waals surface area contributed by atoms with Gasteiger partial charge in [-0.2, -0.15) is 0 Å². The van der Waals surface area contributed by atoms with E-state index in [0.717, 1.165) is 26.2 Å². The van der Waals surface area contributed by atoms with Crippen LogP contribution in [0.5, 0.6) is 0 Å². The molecule has 0 amide bonds. The first-order valence-electron chi connectivity index (χ1n) is 7.56. The van der Waals surface area contributed by atoms with Gasteiger partial charge in [-0.1, -0.05) is 0 Å². The Balaban J connectivity index is 0.00000220. The van der Waals surface area contributed by atoms with Gasteiger partial charge in [-0.05, 0) is 68.0 Å². The van der Waals surface area contributed by atoms with Crippen LogP contribution in [0, 0.1) is 34.6 Å². The van der Waals surface area contributed by atoms with Gasteiger partial charge in [0.15, 0.2) is 0 Å². The highest BCUT2D eigenvalue weighted by Gasteiger charge is 2.26. The molecule has 0 spiro atoms. The van der Waals surface area contributed by atoms with Crippen LogP contribution in [-0.4, -0.2) is 37.8 Å². The number of hydrogen-bond donors (Lipinski definition) is 1. The number of alkyl halides is 1. The Morgan fingerprint density at radius 2 is 1.33 bits per heavy atom. The molecule has 120 valence electrons. The van der Waals surface area contributed by atoms with E-state index >= 15 is 0 Å². The lowest BCUT2D eigenvalue weighted by molar-refractivity contribution is 0.146. The molecule has 1 aliphatic rings. The van der Waals surface area contributed by atoms with Crippen LogP contribution in [0.1, 0.15) is 39.4 Å². The number of piperazine rings is 1. The molecule has 1 aliphatic heterocycles. The summed E-state index contributed by atoms with van der Waals surface area (Å²) in [5, 5.41) is 3.34. The molecule has 1 heterocycles. The quantitative estimate of drug-likeness (QED) is 0.917. The van der Waals surface area contributed by atoms with E-state index in [-0.39, 0.29) is 25.1 Å². The van der Waals surface area contributed by atoms with Crippen molar-refractivity contribution in [2.75, 3.05) is 32.9 Å². The van der Waals surface area contributed by atoms with Gasteiger partial charge in [-0.15, -0.1) is 12.4 Å². The standard InChI is InChI=1S/C17H27FN2.ClH/c1-11-12(2)14(4)17(15(5)13(11)3)16(10-18)20-8-6-19-7-9-20;/h16,19H,6-10H2,1-5H3;1H/t16-;/m0./s1. The van der Waals surface area contributed by atoms with Gasteiger partial charge in [0.05, 0.1) is 6.04 Å². The molecule has 1 N–H and O–H groups in total. The first-order chi connectivity index (χ1) is 9.49. The Hall–Kier alpha value is -0.640. The predicted molar refractivity (Wildman–Crippen MR) is 90.5 cm³/mol. The van der Waals surface area contributed by atoms with Crippen LogP contribution in [0.25, 0.3) is 0 Å². The lowest BCUT2D eigenvalue weighted by Crippen LogP contribution is -2.46. The fraction of sp³-hybridized carbons (Fsp3) is 0.647. The van der Waals surface area contributed by atoms with E-state index in [0.29, 0.717) is 0 Å². The van der Waals surface area contributed by atoms with Gasteiger partial charge in [0.2, 0.25) is 0 Å². The van der Waals surface area contributed by atoms with Crippen LogP contribution in [-0.2, 0) is 0 Å². The van der Waals surface area contributed by atoms with Crippen molar-refractivity contribution in [3.05, 3.63) is 33.4 Å². The molecule has 0 saturated carbocycles. The van der Waals surface area contributed by atoms with Crippen molar-refractivity contribution >= 4 is 12.4 Å². The second kappa shape index (κ2) is 7.57. The summed E-state index contributed by atoms with van der Waals surface area (Å²) in [6.45, 7) is 14.3. The molecule has 1 aromatic carbocycles. The fourth-order valence-electron chi connectivity index (χ4n) is 3.38. The maximum Gasteiger partial charge on any atom is 0.109 e. The molecule has 2 nitrogen and oxygen atoms in total. The summed E-state index contributed by atoms with van der Waals surface area (Å²) in [5.74, 6) is 0. The molecule has 0 bridgehead atoms. The SMILES string of the molecule is Cc1c(C)c(C)c([C@H](CF)N2CCNCC2)c(C)c1C.Cl. The zero-order valence-electron chi connectivity index (χ0n) is 13.8. The highest BCUT2D eigenvalue weighted by molar-refractivity contribution is 5.85. The Morgan fingerprint density at radius 3 is 1.76 bits per heavy atom. The van der Waals surface area contributed by atoms with E-state index in [2.05, 4.69) is 44.8 Å². The van der Waals surface area contributed by atoms with E-state index in [1.54, 1.807) is 0 Å². The normalized spacial score (nSPS) is 17.4. The van der Waals surface area contributed by atoms with Crippen molar-refractivity contribution < 1.29 is 4.39 Å². The smallest absolute Gasteiger partial charge is 0.109 e. The Kier molecular flexibility index (Phi) is 6.64. The average molecular weight is 315 g/mol. The highest BCUT2D eigenvalue weighted by Crippen LogP contribution is 2.33. The number of nitrogens with zero attached hydrogens (tertiary/aromatic N) is 1. The van der Waals surface area contributed by atoms with Crippen molar-refractivity contribution in [1.82, 2.24) is 10.2 Å². The van der Waals surface area contributed by atoms with Crippen molar-refractivity contribution in [2.45, 2.75) is 40.7 Å². The molecule has 1 atom stereocenters. The summed E-state index contributed by atoms with van der Waals surface area (Å²) >= 11 is 0. The third kappa shape index (κ3) is 3.41. The van der Waals surface area contributed by atoms with E-state index in [1.807, 2.05) is 0 Å². The Labute approximate surface area is 134 Å². The fourth-order valence-corrected chi connectivity index (χ4v) is 3.38. The number of benzene rings is 1. The van der Waals surface area contributed by atoms with Crippen LogP contribution < -0.4 is 5.32 Å². The van der Waals surface area contributed by atoms with E-state index in [1.165, 1.54) is 33.4 Å². The van der Waals surface area contributed by atoms with Gasteiger partial charge in [-0.3, -0.25) is 4.90 Å². The van der Waals surface area contributed by atoms with Crippen molar-refractivity contribution in [3.8, 4) is 0 Å². The van der Waals surface area contributed by atoms with E-state index < -0.39 is 0 Å². The van der Waals surface area contributed by atoms with Crippen LogP contribution >= 0.6 is 12.4 Å². The molecule has 4 heteroatoms. The largest absolute Gasteiger partial charge is 0.314 e. The predicted octanol–water partition coefficient (Wildman–Crippen LogP) is 3.57. The minimum absolute atomic E-state index is 0. The van der Waals surface area contributed by atoms with Crippen molar-refractivity contribution in [1.29, 1.82) is 0 Å².